The average Bonchev–Trinajstić information content (AvgIpc) is 2.58. The monoisotopic (exact) mass is 207 g/mol. The van der Waals surface area contributed by atoms with E-state index in [-0.39, 0.29) is 5.78 Å². The number of nitrogens with one attached hydrogen (secondary N) is 1. The van der Waals surface area contributed by atoms with Gasteiger partial charge in [-0.15, -0.1) is 0 Å². The molecule has 0 spiro atoms. The summed E-state index contributed by atoms with van der Waals surface area (Å²) in [6.07, 6.45) is 6.30. The largest absolute Gasteiger partial charge is 0.350 e. The molecule has 3 N–H and O–H groups in total. The lowest BCUT2D eigenvalue weighted by molar-refractivity contribution is -0.111. The number of amides is 2. The first kappa shape index (κ1) is 11.2. The van der Waals surface area contributed by atoms with E-state index >= 15 is 0 Å². The highest BCUT2D eigenvalue weighted by molar-refractivity contribution is 6.07. The van der Waals surface area contributed by atoms with Crippen LogP contribution < -0.4 is 11.2 Å². The number of carbonyl (C=O) groups excluding carboxylic acids is 2. The Hall–Kier alpha value is -1.91. The van der Waals surface area contributed by atoms with Crippen molar-refractivity contribution in [2.45, 2.75) is 19.8 Å². The summed E-state index contributed by atoms with van der Waals surface area (Å²) >= 11 is 0. The number of hydrogen-bond donors (Lipinski definition) is 2. The molecule has 0 aromatic carbocycles. The van der Waals surface area contributed by atoms with E-state index in [0.717, 1.165) is 11.3 Å². The van der Waals surface area contributed by atoms with Crippen LogP contribution in [0.4, 0.5) is 4.79 Å². The van der Waals surface area contributed by atoms with Crippen LogP contribution in [0.15, 0.2) is 28.9 Å². The van der Waals surface area contributed by atoms with Gasteiger partial charge in [0, 0.05) is 5.71 Å². The molecule has 0 aromatic heterocycles. The third-order valence-corrected chi connectivity index (χ3v) is 1.97. The number of hydrogen-bond acceptors (Lipinski definition) is 3. The lowest BCUT2D eigenvalue weighted by Gasteiger charge is -2.01. The smallest absolute Gasteiger partial charge is 0.332 e. The Morgan fingerprint density at radius 3 is 2.87 bits per heavy atom. The summed E-state index contributed by atoms with van der Waals surface area (Å²) < 4.78 is 0. The number of primary amides is 1. The van der Waals surface area contributed by atoms with Crippen molar-refractivity contribution >= 4 is 17.5 Å². The van der Waals surface area contributed by atoms with E-state index in [1.54, 1.807) is 19.1 Å². The fourth-order valence-electron chi connectivity index (χ4n) is 1.17. The van der Waals surface area contributed by atoms with Gasteiger partial charge in [0.2, 0.25) is 0 Å². The van der Waals surface area contributed by atoms with Gasteiger partial charge in [-0.2, -0.15) is 5.10 Å². The predicted molar refractivity (Wildman–Crippen MR) is 57.3 cm³/mol. The minimum absolute atomic E-state index is 0.0469. The number of hydrazone groups is 1. The van der Waals surface area contributed by atoms with Gasteiger partial charge >= 0.3 is 6.03 Å². The van der Waals surface area contributed by atoms with Crippen molar-refractivity contribution in [3.8, 4) is 0 Å². The molecule has 15 heavy (non-hydrogen) atoms. The first-order chi connectivity index (χ1) is 7.09. The first-order valence-corrected chi connectivity index (χ1v) is 4.60. The number of ketones is 1. The topological polar surface area (TPSA) is 84.6 Å². The zero-order valence-electron chi connectivity index (χ0n) is 8.49. The van der Waals surface area contributed by atoms with E-state index < -0.39 is 6.03 Å². The van der Waals surface area contributed by atoms with E-state index in [1.807, 2.05) is 0 Å². The van der Waals surface area contributed by atoms with Crippen LogP contribution in [0, 0.1) is 0 Å². The Bertz CT molecular complexity index is 367. The Morgan fingerprint density at radius 1 is 1.60 bits per heavy atom. The summed E-state index contributed by atoms with van der Waals surface area (Å²) in [6, 6.07) is -0.688. The molecule has 0 saturated heterocycles. The summed E-state index contributed by atoms with van der Waals surface area (Å²) in [7, 11) is 0. The fourth-order valence-corrected chi connectivity index (χ4v) is 1.17. The van der Waals surface area contributed by atoms with Crippen molar-refractivity contribution in [3.05, 3.63) is 23.8 Å². The third kappa shape index (κ3) is 3.76. The molecule has 0 heterocycles. The van der Waals surface area contributed by atoms with Gasteiger partial charge in [0.1, 0.15) is 0 Å². The highest BCUT2D eigenvalue weighted by Crippen LogP contribution is 2.13. The van der Waals surface area contributed by atoms with Crippen LogP contribution in [-0.2, 0) is 4.79 Å². The average molecular weight is 207 g/mol. The second-order valence-corrected chi connectivity index (χ2v) is 3.24. The predicted octanol–water partition coefficient (Wildman–Crippen LogP) is 0.876. The van der Waals surface area contributed by atoms with E-state index in [0.29, 0.717) is 12.8 Å². The van der Waals surface area contributed by atoms with Crippen molar-refractivity contribution < 1.29 is 9.59 Å². The molecule has 5 nitrogen and oxygen atoms in total. The quantitative estimate of drug-likeness (QED) is 0.529. The molecule has 0 bridgehead atoms. The summed E-state index contributed by atoms with van der Waals surface area (Å²) in [6.45, 7) is 1.77. The van der Waals surface area contributed by atoms with Gasteiger partial charge in [-0.1, -0.05) is 12.2 Å². The van der Waals surface area contributed by atoms with Gasteiger partial charge in [-0.05, 0) is 31.4 Å². The Labute approximate surface area is 87.7 Å². The molecule has 0 saturated carbocycles. The highest BCUT2D eigenvalue weighted by Gasteiger charge is 2.09. The van der Waals surface area contributed by atoms with Gasteiger partial charge in [0.05, 0.1) is 0 Å². The zero-order chi connectivity index (χ0) is 11.3. The van der Waals surface area contributed by atoms with Crippen LogP contribution in [0.25, 0.3) is 0 Å². The molecule has 0 fully saturated rings. The van der Waals surface area contributed by atoms with Crippen LogP contribution in [0.3, 0.4) is 0 Å². The summed E-state index contributed by atoms with van der Waals surface area (Å²) in [4.78, 5) is 21.5. The maximum atomic E-state index is 11.2. The Morgan fingerprint density at radius 2 is 2.33 bits per heavy atom. The molecule has 1 rings (SSSR count). The molecule has 0 atom stereocenters. The molecule has 0 unspecified atom stereocenters. The number of allylic oxidation sites excluding steroid dienone is 4. The molecule has 5 heteroatoms. The summed E-state index contributed by atoms with van der Waals surface area (Å²) in [5.74, 6) is 0.0469. The number of rotatable bonds is 4. The lowest BCUT2D eigenvalue weighted by atomic mass is 10.1. The van der Waals surface area contributed by atoms with Crippen LogP contribution in [0.1, 0.15) is 19.8 Å². The van der Waals surface area contributed by atoms with E-state index in [2.05, 4.69) is 10.5 Å². The van der Waals surface area contributed by atoms with Crippen molar-refractivity contribution in [2.24, 2.45) is 10.8 Å². The van der Waals surface area contributed by atoms with E-state index in [1.165, 1.54) is 6.08 Å². The van der Waals surface area contributed by atoms with E-state index in [4.69, 9.17) is 5.73 Å². The Balaban J connectivity index is 2.34. The molecule has 0 aliphatic heterocycles. The molecule has 80 valence electrons. The molecule has 2 amide bonds. The van der Waals surface area contributed by atoms with Crippen LogP contribution in [0.2, 0.25) is 0 Å². The fraction of sp³-hybridized carbons (Fsp3) is 0.300. The van der Waals surface area contributed by atoms with Gasteiger partial charge in [-0.25, -0.2) is 10.2 Å². The summed E-state index contributed by atoms with van der Waals surface area (Å²) in [5.41, 5.74) is 8.49. The van der Waals surface area contributed by atoms with Gasteiger partial charge in [0.15, 0.2) is 5.78 Å². The minimum atomic E-state index is -0.688. The highest BCUT2D eigenvalue weighted by atomic mass is 16.2. The minimum Gasteiger partial charge on any atom is -0.350 e. The maximum Gasteiger partial charge on any atom is 0.332 e. The van der Waals surface area contributed by atoms with Crippen LogP contribution >= 0.6 is 0 Å². The number of nitrogens with zero attached hydrogens (tertiary/aromatic N) is 1. The molecule has 1 aliphatic rings. The molecular formula is C10H13N3O2. The molecule has 0 aromatic rings. The third-order valence-electron chi connectivity index (χ3n) is 1.97. The standard InChI is InChI=1S/C10H13N3O2/c1-7(12-13-10(11)15)5-6-8-3-2-4-9(8)14/h2-4H,5-6H2,1H3,(H3,11,13,15). The molecule has 1 aliphatic carbocycles. The van der Waals surface area contributed by atoms with Crippen LogP contribution in [0.5, 0.6) is 0 Å². The van der Waals surface area contributed by atoms with Gasteiger partial charge in [-0.3, -0.25) is 4.79 Å². The van der Waals surface area contributed by atoms with Gasteiger partial charge < -0.3 is 5.73 Å². The Kier molecular flexibility index (Phi) is 3.79. The van der Waals surface area contributed by atoms with Crippen molar-refractivity contribution in [2.75, 3.05) is 0 Å². The number of nitrogens with two attached hydrogens (primary N) is 1. The van der Waals surface area contributed by atoms with E-state index in [9.17, 15) is 9.59 Å². The van der Waals surface area contributed by atoms with Crippen molar-refractivity contribution in [1.29, 1.82) is 0 Å². The SMILES string of the molecule is CC(CCC1=CC=CC1=O)=NNC(N)=O. The maximum absolute atomic E-state index is 11.2. The normalized spacial score (nSPS) is 15.4. The number of carbonyl (C=O) groups is 2. The summed E-state index contributed by atoms with van der Waals surface area (Å²) in [5, 5.41) is 3.74. The van der Waals surface area contributed by atoms with Crippen LogP contribution in [-0.4, -0.2) is 17.5 Å². The molecule has 0 radical (unpaired) electrons. The second kappa shape index (κ2) is 5.09. The first-order valence-electron chi connectivity index (χ1n) is 4.60. The van der Waals surface area contributed by atoms with Crippen molar-refractivity contribution in [3.63, 3.8) is 0 Å². The zero-order valence-corrected chi connectivity index (χ0v) is 8.49. The lowest BCUT2D eigenvalue weighted by Crippen LogP contribution is -2.25. The van der Waals surface area contributed by atoms with Gasteiger partial charge in [0.25, 0.3) is 0 Å². The molecular weight excluding hydrogens is 194 g/mol. The second-order valence-electron chi connectivity index (χ2n) is 3.24. The number of urea groups is 1. The van der Waals surface area contributed by atoms with Crippen molar-refractivity contribution in [1.82, 2.24) is 5.43 Å².